The summed E-state index contributed by atoms with van der Waals surface area (Å²) in [6.45, 7) is -0.0507. The number of rotatable bonds is 5. The Kier molecular flexibility index (Phi) is 5.82. The van der Waals surface area contributed by atoms with Crippen molar-refractivity contribution in [2.45, 2.75) is 4.58 Å². The first kappa shape index (κ1) is 16.9. The molecule has 24 heavy (non-hydrogen) atoms. The Bertz CT molecular complexity index is 716. The average molecular weight is 358 g/mol. The van der Waals surface area contributed by atoms with Crippen LogP contribution < -0.4 is 10.6 Å². The molecule has 3 rings (SSSR count). The molecule has 1 saturated heterocycles. The van der Waals surface area contributed by atoms with Gasteiger partial charge in [0, 0.05) is 22.8 Å². The molecular weight excluding hydrogens is 340 g/mol. The molecule has 2 amide bonds. The molecule has 0 bridgehead atoms. The van der Waals surface area contributed by atoms with Crippen molar-refractivity contribution in [2.24, 2.45) is 0 Å². The smallest absolute Gasteiger partial charge is 0.251 e. The van der Waals surface area contributed by atoms with Crippen LogP contribution in [0.5, 0.6) is 0 Å². The summed E-state index contributed by atoms with van der Waals surface area (Å²) < 4.78 is 0.444. The van der Waals surface area contributed by atoms with Crippen molar-refractivity contribution in [3.8, 4) is 0 Å². The fraction of sp³-hybridized carbons (Fsp3) is 0.222. The summed E-state index contributed by atoms with van der Waals surface area (Å²) in [5.41, 5.74) is 2.52. The molecule has 1 aliphatic rings. The Balaban J connectivity index is 1.53. The minimum atomic E-state index is -0.252. The molecule has 0 radical (unpaired) electrons. The van der Waals surface area contributed by atoms with Gasteiger partial charge in [-0.25, -0.2) is 0 Å². The normalized spacial score (nSPS) is 14.3. The zero-order chi connectivity index (χ0) is 16.8. The van der Waals surface area contributed by atoms with Crippen LogP contribution in [-0.4, -0.2) is 29.9 Å². The molecule has 0 aromatic heterocycles. The van der Waals surface area contributed by atoms with Crippen LogP contribution in [0.2, 0.25) is 0 Å². The molecule has 0 atom stereocenters. The molecular formula is C18H18N2O2S2. The first-order valence-corrected chi connectivity index (χ1v) is 9.78. The van der Waals surface area contributed by atoms with E-state index < -0.39 is 0 Å². The molecule has 0 saturated carbocycles. The lowest BCUT2D eigenvalue weighted by molar-refractivity contribution is -0.115. The summed E-state index contributed by atoms with van der Waals surface area (Å²) in [5.74, 6) is 1.84. The predicted octanol–water partition coefficient (Wildman–Crippen LogP) is 3.53. The van der Waals surface area contributed by atoms with E-state index in [1.54, 1.807) is 24.3 Å². The van der Waals surface area contributed by atoms with Gasteiger partial charge in [0.25, 0.3) is 5.91 Å². The molecule has 0 aliphatic carbocycles. The fourth-order valence-electron chi connectivity index (χ4n) is 2.37. The second-order valence-corrected chi connectivity index (χ2v) is 8.02. The lowest BCUT2D eigenvalue weighted by atomic mass is 10.2. The number of nitrogens with one attached hydrogen (secondary N) is 2. The van der Waals surface area contributed by atoms with Crippen molar-refractivity contribution in [3.05, 3.63) is 65.7 Å². The zero-order valence-corrected chi connectivity index (χ0v) is 14.7. The Morgan fingerprint density at radius 2 is 1.75 bits per heavy atom. The summed E-state index contributed by atoms with van der Waals surface area (Å²) in [7, 11) is 0. The average Bonchev–Trinajstić information content (AvgIpc) is 3.15. The Morgan fingerprint density at radius 3 is 2.50 bits per heavy atom. The van der Waals surface area contributed by atoms with Gasteiger partial charge in [0.2, 0.25) is 5.91 Å². The van der Waals surface area contributed by atoms with Crippen LogP contribution in [0.25, 0.3) is 0 Å². The van der Waals surface area contributed by atoms with E-state index in [1.165, 1.54) is 5.56 Å². The molecule has 1 aliphatic heterocycles. The highest BCUT2D eigenvalue weighted by molar-refractivity contribution is 8.19. The number of anilines is 1. The number of thioether (sulfide) groups is 2. The molecule has 2 aromatic carbocycles. The van der Waals surface area contributed by atoms with Gasteiger partial charge >= 0.3 is 0 Å². The van der Waals surface area contributed by atoms with Gasteiger partial charge in [0.15, 0.2) is 0 Å². The van der Waals surface area contributed by atoms with Gasteiger partial charge in [-0.05, 0) is 29.8 Å². The number of amides is 2. The van der Waals surface area contributed by atoms with Gasteiger partial charge in [-0.3, -0.25) is 9.59 Å². The SMILES string of the molecule is O=C(CNC(=O)c1ccccc1)Nc1cccc(C2SCCS2)c1. The van der Waals surface area contributed by atoms with E-state index in [9.17, 15) is 9.59 Å². The molecule has 2 N–H and O–H groups in total. The topological polar surface area (TPSA) is 58.2 Å². The number of benzene rings is 2. The van der Waals surface area contributed by atoms with Crippen LogP contribution >= 0.6 is 23.5 Å². The first-order valence-electron chi connectivity index (χ1n) is 7.68. The van der Waals surface area contributed by atoms with E-state index in [2.05, 4.69) is 16.7 Å². The highest BCUT2D eigenvalue weighted by atomic mass is 32.2. The standard InChI is InChI=1S/C18H18N2O2S2/c21-16(12-19-17(22)13-5-2-1-3-6-13)20-15-8-4-7-14(11-15)18-23-9-10-24-18/h1-8,11,18H,9-10,12H2,(H,19,22)(H,20,21). The zero-order valence-electron chi connectivity index (χ0n) is 13.0. The number of hydrogen-bond acceptors (Lipinski definition) is 4. The molecule has 0 unspecified atom stereocenters. The molecule has 2 aromatic rings. The summed E-state index contributed by atoms with van der Waals surface area (Å²) in [4.78, 5) is 24.0. The first-order chi connectivity index (χ1) is 11.7. The summed E-state index contributed by atoms with van der Waals surface area (Å²) in [6, 6.07) is 16.8. The fourth-order valence-corrected chi connectivity index (χ4v) is 5.21. The van der Waals surface area contributed by atoms with Crippen LogP contribution in [-0.2, 0) is 4.79 Å². The van der Waals surface area contributed by atoms with Crippen LogP contribution in [0.15, 0.2) is 54.6 Å². The van der Waals surface area contributed by atoms with Crippen LogP contribution in [0.1, 0.15) is 20.5 Å². The van der Waals surface area contributed by atoms with Crippen LogP contribution in [0.4, 0.5) is 5.69 Å². The van der Waals surface area contributed by atoms with Gasteiger partial charge in [-0.1, -0.05) is 30.3 Å². The minimum Gasteiger partial charge on any atom is -0.343 e. The maximum absolute atomic E-state index is 12.0. The van der Waals surface area contributed by atoms with Gasteiger partial charge in [-0.15, -0.1) is 23.5 Å². The summed E-state index contributed by atoms with van der Waals surface area (Å²) in [5, 5.41) is 5.47. The van der Waals surface area contributed by atoms with E-state index in [-0.39, 0.29) is 18.4 Å². The number of hydrogen-bond donors (Lipinski definition) is 2. The third-order valence-electron chi connectivity index (χ3n) is 3.51. The van der Waals surface area contributed by atoms with E-state index >= 15 is 0 Å². The van der Waals surface area contributed by atoms with Crippen LogP contribution in [0, 0.1) is 0 Å². The Morgan fingerprint density at radius 1 is 1.00 bits per heavy atom. The quantitative estimate of drug-likeness (QED) is 0.858. The van der Waals surface area contributed by atoms with E-state index in [0.29, 0.717) is 10.1 Å². The number of carbonyl (C=O) groups is 2. The van der Waals surface area contributed by atoms with Gasteiger partial charge in [0.05, 0.1) is 11.1 Å². The lowest BCUT2D eigenvalue weighted by Crippen LogP contribution is -2.32. The van der Waals surface area contributed by atoms with Gasteiger partial charge in [0.1, 0.15) is 0 Å². The second-order valence-electron chi connectivity index (χ2n) is 5.30. The highest BCUT2D eigenvalue weighted by Crippen LogP contribution is 2.45. The highest BCUT2D eigenvalue weighted by Gasteiger charge is 2.18. The van der Waals surface area contributed by atoms with Crippen LogP contribution in [0.3, 0.4) is 0 Å². The summed E-state index contributed by atoms with van der Waals surface area (Å²) >= 11 is 3.86. The summed E-state index contributed by atoms with van der Waals surface area (Å²) in [6.07, 6.45) is 0. The monoisotopic (exact) mass is 358 g/mol. The van der Waals surface area contributed by atoms with Gasteiger partial charge in [-0.2, -0.15) is 0 Å². The maximum atomic E-state index is 12.0. The lowest BCUT2D eigenvalue weighted by Gasteiger charge is -2.11. The molecule has 1 heterocycles. The third-order valence-corrected chi connectivity index (χ3v) is 6.61. The van der Waals surface area contributed by atoms with Crippen molar-refractivity contribution >= 4 is 41.0 Å². The Labute approximate surface area is 149 Å². The van der Waals surface area contributed by atoms with Crippen molar-refractivity contribution in [1.29, 1.82) is 0 Å². The molecule has 1 fully saturated rings. The van der Waals surface area contributed by atoms with E-state index in [0.717, 1.165) is 17.2 Å². The predicted molar refractivity (Wildman–Crippen MR) is 102 cm³/mol. The third kappa shape index (κ3) is 4.55. The largest absolute Gasteiger partial charge is 0.343 e. The minimum absolute atomic E-state index is 0.0507. The molecule has 124 valence electrons. The van der Waals surface area contributed by atoms with Gasteiger partial charge < -0.3 is 10.6 Å². The second kappa shape index (κ2) is 8.26. The van der Waals surface area contributed by atoms with E-state index in [1.807, 2.05) is 47.8 Å². The van der Waals surface area contributed by atoms with Crippen molar-refractivity contribution < 1.29 is 9.59 Å². The van der Waals surface area contributed by atoms with Crippen molar-refractivity contribution in [2.75, 3.05) is 23.4 Å². The van der Waals surface area contributed by atoms with E-state index in [4.69, 9.17) is 0 Å². The molecule has 6 heteroatoms. The Hall–Kier alpha value is -1.92. The molecule has 0 spiro atoms. The van der Waals surface area contributed by atoms with Crippen molar-refractivity contribution in [3.63, 3.8) is 0 Å². The maximum Gasteiger partial charge on any atom is 0.251 e. The molecule has 4 nitrogen and oxygen atoms in total. The van der Waals surface area contributed by atoms with Crippen molar-refractivity contribution in [1.82, 2.24) is 5.32 Å². The number of carbonyl (C=O) groups excluding carboxylic acids is 2.